The van der Waals surface area contributed by atoms with Gasteiger partial charge in [-0.15, -0.1) is 0 Å². The Morgan fingerprint density at radius 3 is 1.17 bits per heavy atom. The summed E-state index contributed by atoms with van der Waals surface area (Å²) in [5.41, 5.74) is 1.25. The van der Waals surface area contributed by atoms with Crippen LogP contribution in [0, 0.1) is 0 Å². The van der Waals surface area contributed by atoms with Gasteiger partial charge in [-0.25, -0.2) is 0 Å². The molecule has 0 unspecified atom stereocenters. The summed E-state index contributed by atoms with van der Waals surface area (Å²) in [7, 11) is 0. The molecule has 0 spiro atoms. The normalized spacial score (nSPS) is 16.2. The molecule has 35 heavy (non-hydrogen) atoms. The minimum absolute atomic E-state index is 0.893. The molecule has 176 valence electrons. The van der Waals surface area contributed by atoms with E-state index in [9.17, 15) is 0 Å². The maximum Gasteiger partial charge on any atom is -0.00943 e. The standard InChI is InChI=1S/C35H36/c1-2-3-4-5-6-7-8-9-10-11-12-13-14-15-16-17-20-23-26-29-32-35-33-30-27-24-21-18-19-22-25-28-31-34-35/h2-33H,1,34H2. The highest BCUT2D eigenvalue weighted by Crippen LogP contribution is 2.06. The van der Waals surface area contributed by atoms with Gasteiger partial charge in [-0.1, -0.05) is 201 Å². The van der Waals surface area contributed by atoms with E-state index in [1.807, 2.05) is 152 Å². The van der Waals surface area contributed by atoms with Gasteiger partial charge in [-0.05, 0) is 12.0 Å². The molecule has 0 N–H and O–H groups in total. The lowest BCUT2D eigenvalue weighted by atomic mass is 10.1. The molecule has 0 saturated carbocycles. The number of hydrogen-bond donors (Lipinski definition) is 0. The van der Waals surface area contributed by atoms with Crippen molar-refractivity contribution in [3.63, 3.8) is 0 Å². The second kappa shape index (κ2) is 24.2. The van der Waals surface area contributed by atoms with Crippen molar-refractivity contribution in [2.45, 2.75) is 6.42 Å². The van der Waals surface area contributed by atoms with Gasteiger partial charge in [-0.3, -0.25) is 0 Å². The summed E-state index contributed by atoms with van der Waals surface area (Å²) >= 11 is 0. The van der Waals surface area contributed by atoms with E-state index in [-0.39, 0.29) is 0 Å². The van der Waals surface area contributed by atoms with E-state index < -0.39 is 0 Å². The van der Waals surface area contributed by atoms with Crippen molar-refractivity contribution in [2.24, 2.45) is 0 Å². The molecular weight excluding hydrogens is 420 g/mol. The van der Waals surface area contributed by atoms with Gasteiger partial charge in [0.05, 0.1) is 0 Å². The van der Waals surface area contributed by atoms with Crippen LogP contribution in [-0.4, -0.2) is 0 Å². The van der Waals surface area contributed by atoms with Crippen molar-refractivity contribution in [1.82, 2.24) is 0 Å². The molecule has 0 aromatic heterocycles. The third-order valence-electron chi connectivity index (χ3n) is 4.14. The van der Waals surface area contributed by atoms with Crippen molar-refractivity contribution in [2.75, 3.05) is 0 Å². The van der Waals surface area contributed by atoms with Gasteiger partial charge in [0.1, 0.15) is 0 Å². The third kappa shape index (κ3) is 21.2. The van der Waals surface area contributed by atoms with Crippen LogP contribution >= 0.6 is 0 Å². The molecule has 0 amide bonds. The molecule has 0 heterocycles. The highest BCUT2D eigenvalue weighted by atomic mass is 13.9. The summed E-state index contributed by atoms with van der Waals surface area (Å²) in [6, 6.07) is 0. The first-order chi connectivity index (χ1) is 17.4. The summed E-state index contributed by atoms with van der Waals surface area (Å²) < 4.78 is 0. The maximum atomic E-state index is 3.62. The van der Waals surface area contributed by atoms with E-state index in [0.29, 0.717) is 0 Å². The minimum Gasteiger partial charge on any atom is -0.0991 e. The average Bonchev–Trinajstić information content (AvgIpc) is 2.89. The molecule has 0 fully saturated rings. The fourth-order valence-corrected chi connectivity index (χ4v) is 2.45. The van der Waals surface area contributed by atoms with E-state index in [2.05, 4.69) is 43.0 Å². The molecule has 0 bridgehead atoms. The lowest BCUT2D eigenvalue weighted by molar-refractivity contribution is 1.28. The highest BCUT2D eigenvalue weighted by molar-refractivity contribution is 5.31. The van der Waals surface area contributed by atoms with Gasteiger partial charge >= 0.3 is 0 Å². The topological polar surface area (TPSA) is 0 Å². The van der Waals surface area contributed by atoms with Crippen molar-refractivity contribution in [3.8, 4) is 0 Å². The molecule has 0 radical (unpaired) electrons. The van der Waals surface area contributed by atoms with Gasteiger partial charge < -0.3 is 0 Å². The fraction of sp³-hybridized carbons (Fsp3) is 0.0286. The molecular formula is C35H36. The molecule has 0 aromatic rings. The lowest BCUT2D eigenvalue weighted by Crippen LogP contribution is -1.74. The van der Waals surface area contributed by atoms with Crippen LogP contribution in [0.4, 0.5) is 0 Å². The van der Waals surface area contributed by atoms with Crippen LogP contribution in [0.1, 0.15) is 6.42 Å². The quantitative estimate of drug-likeness (QED) is 0.271. The summed E-state index contributed by atoms with van der Waals surface area (Å²) in [6.07, 6.45) is 65.3. The third-order valence-corrected chi connectivity index (χ3v) is 4.14. The Hall–Kier alpha value is -4.42. The SMILES string of the molecule is C=CC=CC=CC=CC=CC=CC=CC=CC=CC=CC=CC1=CC=CC=CC=CC=CC=CC1. The summed E-state index contributed by atoms with van der Waals surface area (Å²) in [4.78, 5) is 0. The van der Waals surface area contributed by atoms with E-state index in [1.54, 1.807) is 6.08 Å². The van der Waals surface area contributed by atoms with E-state index in [4.69, 9.17) is 0 Å². The van der Waals surface area contributed by atoms with Crippen LogP contribution in [0.3, 0.4) is 0 Å². The monoisotopic (exact) mass is 456 g/mol. The Morgan fingerprint density at radius 1 is 0.400 bits per heavy atom. The predicted octanol–water partition coefficient (Wildman–Crippen LogP) is 9.85. The minimum atomic E-state index is 0.893. The Morgan fingerprint density at radius 2 is 0.743 bits per heavy atom. The molecule has 0 heteroatoms. The Labute approximate surface area is 212 Å². The molecule has 0 atom stereocenters. The van der Waals surface area contributed by atoms with E-state index >= 15 is 0 Å². The Balaban J connectivity index is 2.36. The number of hydrogen-bond acceptors (Lipinski definition) is 0. The number of rotatable bonds is 11. The lowest BCUT2D eigenvalue weighted by Gasteiger charge is -1.94. The number of allylic oxidation sites excluding steroid dienone is 33. The molecule has 0 aromatic carbocycles. The zero-order chi connectivity index (χ0) is 24.9. The first-order valence-corrected chi connectivity index (χ1v) is 11.7. The Kier molecular flexibility index (Phi) is 19.8. The van der Waals surface area contributed by atoms with E-state index in [1.165, 1.54) is 5.57 Å². The van der Waals surface area contributed by atoms with Gasteiger partial charge in [0.2, 0.25) is 0 Å². The zero-order valence-electron chi connectivity index (χ0n) is 20.4. The van der Waals surface area contributed by atoms with Crippen LogP contribution in [0.2, 0.25) is 0 Å². The van der Waals surface area contributed by atoms with Crippen molar-refractivity contribution in [3.05, 3.63) is 207 Å². The van der Waals surface area contributed by atoms with Gasteiger partial charge in [-0.2, -0.15) is 0 Å². The maximum absolute atomic E-state index is 3.62. The van der Waals surface area contributed by atoms with Crippen LogP contribution in [0.15, 0.2) is 207 Å². The largest absolute Gasteiger partial charge is 0.0991 e. The summed E-state index contributed by atoms with van der Waals surface area (Å²) in [6.45, 7) is 3.62. The van der Waals surface area contributed by atoms with Crippen molar-refractivity contribution < 1.29 is 0 Å². The second-order valence-electron chi connectivity index (χ2n) is 6.97. The molecule has 1 rings (SSSR count). The highest BCUT2D eigenvalue weighted by Gasteiger charge is 1.86. The second-order valence-corrected chi connectivity index (χ2v) is 6.97. The van der Waals surface area contributed by atoms with E-state index in [0.717, 1.165) is 6.42 Å². The van der Waals surface area contributed by atoms with Crippen LogP contribution in [0.25, 0.3) is 0 Å². The first-order valence-electron chi connectivity index (χ1n) is 11.7. The molecule has 0 aliphatic heterocycles. The fourth-order valence-electron chi connectivity index (χ4n) is 2.45. The smallest absolute Gasteiger partial charge is 0.00943 e. The molecule has 0 nitrogen and oxygen atoms in total. The van der Waals surface area contributed by atoms with Gasteiger partial charge in [0.15, 0.2) is 0 Å². The van der Waals surface area contributed by atoms with Crippen molar-refractivity contribution in [1.29, 1.82) is 0 Å². The molecule has 0 saturated heterocycles. The van der Waals surface area contributed by atoms with Gasteiger partial charge in [0, 0.05) is 0 Å². The zero-order valence-corrected chi connectivity index (χ0v) is 20.4. The van der Waals surface area contributed by atoms with Gasteiger partial charge in [0.25, 0.3) is 0 Å². The summed E-state index contributed by atoms with van der Waals surface area (Å²) in [5.74, 6) is 0. The molecule has 1 aliphatic carbocycles. The van der Waals surface area contributed by atoms with Crippen LogP contribution in [-0.2, 0) is 0 Å². The van der Waals surface area contributed by atoms with Crippen LogP contribution in [0.5, 0.6) is 0 Å². The first kappa shape index (κ1) is 28.6. The Bertz CT molecular complexity index is 1050. The summed E-state index contributed by atoms with van der Waals surface area (Å²) in [5, 5.41) is 0. The van der Waals surface area contributed by atoms with Crippen molar-refractivity contribution >= 4 is 0 Å². The molecule has 1 aliphatic rings. The predicted molar refractivity (Wildman–Crippen MR) is 160 cm³/mol. The van der Waals surface area contributed by atoms with Crippen LogP contribution < -0.4 is 0 Å². The average molecular weight is 457 g/mol.